The van der Waals surface area contributed by atoms with Gasteiger partial charge in [0.05, 0.1) is 12.1 Å². The van der Waals surface area contributed by atoms with E-state index < -0.39 is 5.82 Å². The number of carbonyl (C=O) groups excluding carboxylic acids is 2. The van der Waals surface area contributed by atoms with E-state index in [4.69, 9.17) is 0 Å². The molecule has 0 unspecified atom stereocenters. The lowest BCUT2D eigenvalue weighted by molar-refractivity contribution is -0.117. The summed E-state index contributed by atoms with van der Waals surface area (Å²) >= 11 is 0. The summed E-state index contributed by atoms with van der Waals surface area (Å²) in [6, 6.07) is 14.7. The van der Waals surface area contributed by atoms with Gasteiger partial charge in [0.2, 0.25) is 5.91 Å². The molecule has 3 amide bonds. The topological polar surface area (TPSA) is 61.4 Å². The van der Waals surface area contributed by atoms with Crippen LogP contribution in [0.2, 0.25) is 0 Å². The maximum atomic E-state index is 13.3. The first kappa shape index (κ1) is 17.0. The number of rotatable bonds is 4. The van der Waals surface area contributed by atoms with Gasteiger partial charge in [-0.25, -0.2) is 9.18 Å². The first-order valence-corrected chi connectivity index (χ1v) is 8.21. The first-order valence-electron chi connectivity index (χ1n) is 8.21. The highest BCUT2D eigenvalue weighted by molar-refractivity contribution is 5.96. The predicted molar refractivity (Wildman–Crippen MR) is 93.7 cm³/mol. The molecule has 0 saturated carbocycles. The van der Waals surface area contributed by atoms with Crippen molar-refractivity contribution in [3.05, 3.63) is 66.0 Å². The number of nitrogens with zero attached hydrogens (tertiary/aromatic N) is 1. The Labute approximate surface area is 145 Å². The minimum absolute atomic E-state index is 0.132. The highest BCUT2D eigenvalue weighted by atomic mass is 19.1. The zero-order valence-corrected chi connectivity index (χ0v) is 13.9. The van der Waals surface area contributed by atoms with Crippen LogP contribution in [0.5, 0.6) is 0 Å². The largest absolute Gasteiger partial charge is 0.333 e. The second-order valence-corrected chi connectivity index (χ2v) is 6.14. The van der Waals surface area contributed by atoms with E-state index in [2.05, 4.69) is 10.6 Å². The lowest BCUT2D eigenvalue weighted by atomic mass is 10.1. The smallest absolute Gasteiger partial charge is 0.315 e. The second-order valence-electron chi connectivity index (χ2n) is 6.14. The van der Waals surface area contributed by atoms with Gasteiger partial charge in [-0.3, -0.25) is 4.79 Å². The van der Waals surface area contributed by atoms with Gasteiger partial charge in [-0.2, -0.15) is 0 Å². The van der Waals surface area contributed by atoms with Gasteiger partial charge in [0.15, 0.2) is 0 Å². The summed E-state index contributed by atoms with van der Waals surface area (Å²) in [7, 11) is 0. The maximum Gasteiger partial charge on any atom is 0.315 e. The van der Waals surface area contributed by atoms with Crippen molar-refractivity contribution in [2.45, 2.75) is 25.4 Å². The fraction of sp³-hybridized carbons (Fsp3) is 0.263. The Hall–Kier alpha value is -2.89. The van der Waals surface area contributed by atoms with Crippen LogP contribution in [0.15, 0.2) is 54.6 Å². The van der Waals surface area contributed by atoms with Crippen molar-refractivity contribution in [1.29, 1.82) is 0 Å². The molecule has 1 heterocycles. The quantitative estimate of drug-likeness (QED) is 0.898. The Balaban J connectivity index is 1.57. The van der Waals surface area contributed by atoms with E-state index in [1.807, 2.05) is 37.3 Å². The highest BCUT2D eigenvalue weighted by Gasteiger charge is 2.31. The molecule has 25 heavy (non-hydrogen) atoms. The Bertz CT molecular complexity index is 766. The molecule has 2 aromatic rings. The van der Waals surface area contributed by atoms with Gasteiger partial charge in [-0.15, -0.1) is 0 Å². The van der Waals surface area contributed by atoms with E-state index in [-0.39, 0.29) is 30.4 Å². The van der Waals surface area contributed by atoms with Crippen LogP contribution in [-0.2, 0) is 4.79 Å². The van der Waals surface area contributed by atoms with Crippen molar-refractivity contribution in [3.63, 3.8) is 0 Å². The number of urea groups is 1. The van der Waals surface area contributed by atoms with Gasteiger partial charge >= 0.3 is 6.03 Å². The summed E-state index contributed by atoms with van der Waals surface area (Å²) in [6.45, 7) is 2.23. The van der Waals surface area contributed by atoms with Crippen molar-refractivity contribution < 1.29 is 14.0 Å². The van der Waals surface area contributed by atoms with Gasteiger partial charge < -0.3 is 15.5 Å². The van der Waals surface area contributed by atoms with Gasteiger partial charge in [0.25, 0.3) is 0 Å². The van der Waals surface area contributed by atoms with Crippen molar-refractivity contribution in [2.75, 3.05) is 11.4 Å². The van der Waals surface area contributed by atoms with E-state index in [0.29, 0.717) is 12.2 Å². The van der Waals surface area contributed by atoms with E-state index >= 15 is 0 Å². The molecule has 5 nitrogen and oxygen atoms in total. The van der Waals surface area contributed by atoms with Crippen molar-refractivity contribution in [2.24, 2.45) is 0 Å². The summed E-state index contributed by atoms with van der Waals surface area (Å²) in [5.74, 6) is -0.525. The molecule has 1 saturated heterocycles. The molecule has 0 radical (unpaired) electrons. The lowest BCUT2D eigenvalue weighted by Gasteiger charge is -2.19. The number of hydrogen-bond donors (Lipinski definition) is 2. The molecule has 1 aliphatic rings. The zero-order chi connectivity index (χ0) is 17.8. The zero-order valence-electron chi connectivity index (χ0n) is 13.9. The van der Waals surface area contributed by atoms with Crippen molar-refractivity contribution in [1.82, 2.24) is 10.6 Å². The van der Waals surface area contributed by atoms with Gasteiger partial charge in [-0.1, -0.05) is 36.4 Å². The minimum atomic E-state index is -0.392. The van der Waals surface area contributed by atoms with E-state index in [0.717, 1.165) is 5.56 Å². The molecule has 1 aliphatic heterocycles. The molecular formula is C19H20FN3O2. The number of halogens is 1. The van der Waals surface area contributed by atoms with Crippen LogP contribution in [0.25, 0.3) is 0 Å². The second kappa shape index (κ2) is 7.34. The Kier molecular flexibility index (Phi) is 4.97. The average Bonchev–Trinajstić information content (AvgIpc) is 2.95. The van der Waals surface area contributed by atoms with Crippen molar-refractivity contribution >= 4 is 17.6 Å². The fourth-order valence-electron chi connectivity index (χ4n) is 2.95. The van der Waals surface area contributed by atoms with Gasteiger partial charge in [-0.05, 0) is 30.7 Å². The Morgan fingerprint density at radius 3 is 2.68 bits per heavy atom. The molecule has 0 spiro atoms. The van der Waals surface area contributed by atoms with Crippen LogP contribution in [0, 0.1) is 5.82 Å². The third-order valence-electron chi connectivity index (χ3n) is 4.23. The molecule has 3 rings (SSSR count). The summed E-state index contributed by atoms with van der Waals surface area (Å²) in [4.78, 5) is 25.8. The minimum Gasteiger partial charge on any atom is -0.333 e. The number of nitrogens with one attached hydrogen (secondary N) is 2. The molecule has 0 bridgehead atoms. The van der Waals surface area contributed by atoms with Gasteiger partial charge in [0, 0.05) is 18.7 Å². The normalized spacial score (nSPS) is 18.1. The summed E-state index contributed by atoms with van der Waals surface area (Å²) in [5, 5.41) is 5.68. The van der Waals surface area contributed by atoms with Crippen LogP contribution in [0.4, 0.5) is 14.9 Å². The summed E-state index contributed by atoms with van der Waals surface area (Å²) < 4.78 is 13.3. The molecule has 6 heteroatoms. The van der Waals surface area contributed by atoms with Crippen LogP contribution in [-0.4, -0.2) is 24.5 Å². The summed E-state index contributed by atoms with van der Waals surface area (Å²) in [5.41, 5.74) is 1.51. The molecule has 1 fully saturated rings. The third kappa shape index (κ3) is 4.15. The van der Waals surface area contributed by atoms with Crippen molar-refractivity contribution in [3.8, 4) is 0 Å². The number of anilines is 1. The molecular weight excluding hydrogens is 321 g/mol. The number of hydrogen-bond acceptors (Lipinski definition) is 2. The van der Waals surface area contributed by atoms with Crippen LogP contribution in [0.1, 0.15) is 24.9 Å². The molecule has 0 aromatic heterocycles. The number of amides is 3. The molecule has 2 atom stereocenters. The molecule has 130 valence electrons. The monoisotopic (exact) mass is 341 g/mol. The first-order chi connectivity index (χ1) is 12.0. The van der Waals surface area contributed by atoms with Crippen LogP contribution >= 0.6 is 0 Å². The highest BCUT2D eigenvalue weighted by Crippen LogP contribution is 2.22. The standard InChI is InChI=1S/C19H20FN3O2/c1-13(14-6-3-2-4-7-14)21-19(25)22-16-11-18(24)23(12-16)17-9-5-8-15(20)10-17/h2-10,13,16H,11-12H2,1H3,(H2,21,22,25)/t13-,16+/m1/s1. The summed E-state index contributed by atoms with van der Waals surface area (Å²) in [6.07, 6.45) is 0.198. The molecule has 0 aliphatic carbocycles. The Morgan fingerprint density at radius 2 is 1.96 bits per heavy atom. The number of benzene rings is 2. The predicted octanol–water partition coefficient (Wildman–Crippen LogP) is 2.99. The lowest BCUT2D eigenvalue weighted by Crippen LogP contribution is -2.44. The van der Waals surface area contributed by atoms with Gasteiger partial charge in [0.1, 0.15) is 5.82 Å². The van der Waals surface area contributed by atoms with E-state index in [9.17, 15) is 14.0 Å². The third-order valence-corrected chi connectivity index (χ3v) is 4.23. The SMILES string of the molecule is C[C@@H](NC(=O)N[C@H]1CC(=O)N(c2cccc(F)c2)C1)c1ccccc1. The van der Waals surface area contributed by atoms with Crippen LogP contribution in [0.3, 0.4) is 0 Å². The maximum absolute atomic E-state index is 13.3. The number of carbonyl (C=O) groups is 2. The Morgan fingerprint density at radius 1 is 1.20 bits per heavy atom. The van der Waals surface area contributed by atoms with Crippen LogP contribution < -0.4 is 15.5 Å². The fourth-order valence-corrected chi connectivity index (χ4v) is 2.95. The average molecular weight is 341 g/mol. The molecule has 2 N–H and O–H groups in total. The van der Waals surface area contributed by atoms with E-state index in [1.165, 1.54) is 17.0 Å². The molecule has 2 aromatic carbocycles. The van der Waals surface area contributed by atoms with E-state index in [1.54, 1.807) is 12.1 Å².